The number of unbranched alkanes of at least 4 members (excludes halogenated alkanes) is 1. The van der Waals surface area contributed by atoms with Crippen molar-refractivity contribution in [3.63, 3.8) is 0 Å². The van der Waals surface area contributed by atoms with Gasteiger partial charge < -0.3 is 29.4 Å². The zero-order chi connectivity index (χ0) is 29.7. The van der Waals surface area contributed by atoms with E-state index >= 15 is 0 Å². The summed E-state index contributed by atoms with van der Waals surface area (Å²) in [5.74, 6) is -2.09. The van der Waals surface area contributed by atoms with Crippen LogP contribution in [0.15, 0.2) is 18.2 Å². The molecule has 2 N–H and O–H groups in total. The van der Waals surface area contributed by atoms with Crippen LogP contribution in [0.4, 0.5) is 4.79 Å². The van der Waals surface area contributed by atoms with Gasteiger partial charge in [-0.3, -0.25) is 14.4 Å². The second kappa shape index (κ2) is 16.7. The monoisotopic (exact) mass is 551 g/mol. The van der Waals surface area contributed by atoms with Gasteiger partial charge in [0, 0.05) is 0 Å². The van der Waals surface area contributed by atoms with Crippen LogP contribution in [0, 0.1) is 23.7 Å². The van der Waals surface area contributed by atoms with Crippen LogP contribution in [0.5, 0.6) is 11.5 Å². The molecule has 10 heteroatoms. The van der Waals surface area contributed by atoms with Crippen molar-refractivity contribution in [1.29, 1.82) is 0 Å². The van der Waals surface area contributed by atoms with E-state index in [1.165, 1.54) is 12.1 Å². The molecule has 10 nitrogen and oxygen atoms in total. The lowest BCUT2D eigenvalue weighted by molar-refractivity contribution is -0.148. The number of nitrogens with two attached hydrogens (primary N) is 1. The molecule has 0 fully saturated rings. The van der Waals surface area contributed by atoms with E-state index in [1.807, 2.05) is 34.6 Å². The molecule has 0 aliphatic heterocycles. The molecule has 0 amide bonds. The minimum absolute atomic E-state index is 0.0420. The second-order valence-electron chi connectivity index (χ2n) is 10.5. The summed E-state index contributed by atoms with van der Waals surface area (Å²) < 4.78 is 26.3. The molecule has 0 bridgehead atoms. The quantitative estimate of drug-likeness (QED) is 0.183. The van der Waals surface area contributed by atoms with E-state index in [-0.39, 0.29) is 48.9 Å². The van der Waals surface area contributed by atoms with Crippen molar-refractivity contribution >= 4 is 24.1 Å². The van der Waals surface area contributed by atoms with Crippen molar-refractivity contribution < 1.29 is 42.9 Å². The van der Waals surface area contributed by atoms with Crippen LogP contribution in [0.2, 0.25) is 0 Å². The molecule has 0 aliphatic carbocycles. The van der Waals surface area contributed by atoms with Gasteiger partial charge in [-0.05, 0) is 49.3 Å². The number of hydrogen-bond acceptors (Lipinski definition) is 10. The van der Waals surface area contributed by atoms with Crippen molar-refractivity contribution in [2.75, 3.05) is 13.2 Å². The van der Waals surface area contributed by atoms with Crippen molar-refractivity contribution in [2.24, 2.45) is 29.4 Å². The maximum atomic E-state index is 12.7. The summed E-state index contributed by atoms with van der Waals surface area (Å²) >= 11 is 0. The maximum Gasteiger partial charge on any atom is 0.508 e. The highest BCUT2D eigenvalue weighted by atomic mass is 16.7. The predicted octanol–water partition coefficient (Wildman–Crippen LogP) is 4.84. The minimum atomic E-state index is -1.04. The van der Waals surface area contributed by atoms with Gasteiger partial charge >= 0.3 is 24.1 Å². The average molecular weight is 552 g/mol. The fourth-order valence-electron chi connectivity index (χ4n) is 2.97. The van der Waals surface area contributed by atoms with Crippen molar-refractivity contribution in [2.45, 2.75) is 86.8 Å². The molecule has 0 saturated carbocycles. The molecule has 4 atom stereocenters. The molecule has 1 aromatic carbocycles. The Labute approximate surface area is 231 Å². The second-order valence-corrected chi connectivity index (χ2v) is 10.5. The van der Waals surface area contributed by atoms with Crippen LogP contribution in [-0.2, 0) is 35.0 Å². The molecule has 0 heterocycles. The third-order valence-electron chi connectivity index (χ3n) is 6.41. The summed E-state index contributed by atoms with van der Waals surface area (Å²) in [5.41, 5.74) is 6.62. The smallest absolute Gasteiger partial charge is 0.461 e. The molecule has 1 aromatic rings. The van der Waals surface area contributed by atoms with Crippen LogP contribution in [0.3, 0.4) is 0 Å². The van der Waals surface area contributed by atoms with E-state index in [0.29, 0.717) is 5.56 Å². The standard InChI is InChI=1S/C29H45NO9/c1-9-10-13-35-29(34)37-19(6)16-36-28(33)23(30)14-22-11-12-24(38-26(31)20(7)17(2)3)25(15-22)39-27(32)21(8)18(4)5/h11-12,15,17-21,23H,9-10,13-14,16,30H2,1-8H3/t19-,20?,21?,23-/m0/s1. The largest absolute Gasteiger partial charge is 0.508 e. The number of rotatable bonds is 15. The Kier molecular flexibility index (Phi) is 14.5. The normalized spacial score (nSPS) is 14.2. The van der Waals surface area contributed by atoms with E-state index < -0.39 is 42.1 Å². The molecule has 0 aliphatic rings. The van der Waals surface area contributed by atoms with E-state index in [1.54, 1.807) is 26.8 Å². The maximum absolute atomic E-state index is 12.7. The molecule has 0 spiro atoms. The fraction of sp³-hybridized carbons (Fsp3) is 0.655. The SMILES string of the molecule is CCCCOC(=O)O[C@@H](C)COC(=O)[C@@H](N)Cc1ccc(OC(=O)C(C)C(C)C)c(OC(=O)C(C)C(C)C)c1. The third kappa shape index (κ3) is 12.1. The lowest BCUT2D eigenvalue weighted by Crippen LogP contribution is -2.36. The van der Waals surface area contributed by atoms with Crippen LogP contribution >= 0.6 is 0 Å². The fourth-order valence-corrected chi connectivity index (χ4v) is 2.97. The highest BCUT2D eigenvalue weighted by Gasteiger charge is 2.25. The minimum Gasteiger partial charge on any atom is -0.461 e. The van der Waals surface area contributed by atoms with Gasteiger partial charge in [0.05, 0.1) is 18.4 Å². The molecule has 0 radical (unpaired) electrons. The molecule has 0 aromatic heterocycles. The number of benzene rings is 1. The van der Waals surface area contributed by atoms with Crippen LogP contribution in [0.25, 0.3) is 0 Å². The molecule has 220 valence electrons. The van der Waals surface area contributed by atoms with Crippen LogP contribution in [0.1, 0.15) is 73.8 Å². The summed E-state index contributed by atoms with van der Waals surface area (Å²) in [5, 5.41) is 0. The van der Waals surface area contributed by atoms with E-state index in [4.69, 9.17) is 29.4 Å². The number of esters is 3. The topological polar surface area (TPSA) is 140 Å². The average Bonchev–Trinajstić information content (AvgIpc) is 2.87. The van der Waals surface area contributed by atoms with E-state index in [0.717, 1.165) is 12.8 Å². The molecule has 1 rings (SSSR count). The van der Waals surface area contributed by atoms with Gasteiger partial charge in [0.2, 0.25) is 0 Å². The summed E-state index contributed by atoms with van der Waals surface area (Å²) in [6.07, 6.45) is 0.129. The lowest BCUT2D eigenvalue weighted by Gasteiger charge is -2.19. The van der Waals surface area contributed by atoms with Gasteiger partial charge in [0.25, 0.3) is 0 Å². The molecule has 39 heavy (non-hydrogen) atoms. The van der Waals surface area contributed by atoms with Crippen LogP contribution in [-0.4, -0.2) is 49.4 Å². The van der Waals surface area contributed by atoms with Crippen LogP contribution < -0.4 is 15.2 Å². The van der Waals surface area contributed by atoms with E-state index in [9.17, 15) is 19.2 Å². The zero-order valence-corrected chi connectivity index (χ0v) is 24.5. The predicted molar refractivity (Wildman–Crippen MR) is 145 cm³/mol. The van der Waals surface area contributed by atoms with E-state index in [2.05, 4.69) is 0 Å². The Morgan fingerprint density at radius 3 is 1.90 bits per heavy atom. The summed E-state index contributed by atoms with van der Waals surface area (Å²) in [6, 6.07) is 3.64. The Morgan fingerprint density at radius 1 is 0.795 bits per heavy atom. The van der Waals surface area contributed by atoms with Gasteiger partial charge in [-0.25, -0.2) is 4.79 Å². The van der Waals surface area contributed by atoms with Gasteiger partial charge in [0.1, 0.15) is 18.8 Å². The van der Waals surface area contributed by atoms with Gasteiger partial charge in [-0.15, -0.1) is 0 Å². The number of carbonyl (C=O) groups is 4. The first-order valence-corrected chi connectivity index (χ1v) is 13.6. The van der Waals surface area contributed by atoms with Crippen molar-refractivity contribution in [3.8, 4) is 11.5 Å². The Balaban J connectivity index is 2.90. The highest BCUT2D eigenvalue weighted by molar-refractivity contribution is 5.79. The summed E-state index contributed by atoms with van der Waals surface area (Å²) in [7, 11) is 0. The molecular weight excluding hydrogens is 506 g/mol. The van der Waals surface area contributed by atoms with Gasteiger partial charge in [0.15, 0.2) is 11.5 Å². The first-order valence-electron chi connectivity index (χ1n) is 13.6. The lowest BCUT2D eigenvalue weighted by atomic mass is 9.98. The van der Waals surface area contributed by atoms with Crippen molar-refractivity contribution in [1.82, 2.24) is 0 Å². The first kappa shape index (κ1) is 33.9. The van der Waals surface area contributed by atoms with Crippen molar-refractivity contribution in [3.05, 3.63) is 23.8 Å². The Morgan fingerprint density at radius 2 is 1.36 bits per heavy atom. The summed E-state index contributed by atoms with van der Waals surface area (Å²) in [6.45, 7) is 14.8. The number of hydrogen-bond donors (Lipinski definition) is 1. The van der Waals surface area contributed by atoms with Gasteiger partial charge in [-0.2, -0.15) is 0 Å². The molecule has 0 saturated heterocycles. The third-order valence-corrected chi connectivity index (χ3v) is 6.41. The Hall–Kier alpha value is -3.14. The zero-order valence-electron chi connectivity index (χ0n) is 24.5. The summed E-state index contributed by atoms with van der Waals surface area (Å²) in [4.78, 5) is 49.3. The Bertz CT molecular complexity index is 960. The first-order chi connectivity index (χ1) is 18.3. The highest BCUT2D eigenvalue weighted by Crippen LogP contribution is 2.31. The number of carbonyl (C=O) groups excluding carboxylic acids is 4. The molecular formula is C29H45NO9. The van der Waals surface area contributed by atoms with Gasteiger partial charge in [-0.1, -0.05) is 61.0 Å². The molecule has 2 unspecified atom stereocenters. The number of ether oxygens (including phenoxy) is 5.